The Balaban J connectivity index is 3.16. The molecule has 0 heterocycles. The van der Waals surface area contributed by atoms with E-state index in [0.717, 1.165) is 19.6 Å². The van der Waals surface area contributed by atoms with Gasteiger partial charge in [0.05, 0.1) is 0 Å². The van der Waals surface area contributed by atoms with Crippen LogP contribution in [0.4, 0.5) is 0 Å². The fraction of sp³-hybridized carbons (Fsp3) is 1.00. The van der Waals surface area contributed by atoms with Gasteiger partial charge in [-0.1, -0.05) is 0 Å². The van der Waals surface area contributed by atoms with Gasteiger partial charge in [-0.3, -0.25) is 0 Å². The molecule has 0 spiro atoms. The highest BCUT2D eigenvalue weighted by atomic mass is 28.4. The molecule has 0 saturated heterocycles. The molecule has 4 heteroatoms. The molecule has 0 aliphatic heterocycles. The summed E-state index contributed by atoms with van der Waals surface area (Å²) < 4.78 is 5.46. The van der Waals surface area contributed by atoms with Crippen LogP contribution in [0.15, 0.2) is 0 Å². The Morgan fingerprint density at radius 1 is 1.15 bits per heavy atom. The Morgan fingerprint density at radius 3 is 2.38 bits per heavy atom. The molecular formula is C9H24N2OSi. The average Bonchev–Trinajstić information content (AvgIpc) is 2.11. The summed E-state index contributed by atoms with van der Waals surface area (Å²) in [5.41, 5.74) is 0. The first kappa shape index (κ1) is 13.1. The molecule has 0 radical (unpaired) electrons. The molecule has 0 rings (SSSR count). The van der Waals surface area contributed by atoms with Gasteiger partial charge >= 0.3 is 0 Å². The largest absolute Gasteiger partial charge is 0.420 e. The predicted molar refractivity (Wildman–Crippen MR) is 60.7 cm³/mol. The van der Waals surface area contributed by atoms with Gasteiger partial charge in [-0.2, -0.15) is 0 Å². The molecule has 0 aromatic carbocycles. The van der Waals surface area contributed by atoms with Crippen molar-refractivity contribution in [1.29, 1.82) is 0 Å². The van der Waals surface area contributed by atoms with E-state index in [2.05, 4.69) is 23.7 Å². The minimum absolute atomic E-state index is 1.05. The third-order valence-corrected chi connectivity index (χ3v) is 4.90. The van der Waals surface area contributed by atoms with Gasteiger partial charge in [-0.25, -0.2) is 0 Å². The number of hydrogen-bond acceptors (Lipinski definition) is 3. The standard InChI is InChI=1S/C9H24N2OSi/c1-10-7-8-11-6-5-9-13(3,4)12-2/h10-11H,5-9H2,1-4H3. The van der Waals surface area contributed by atoms with Gasteiger partial charge in [0.25, 0.3) is 0 Å². The van der Waals surface area contributed by atoms with Crippen LogP contribution < -0.4 is 10.6 Å². The molecule has 13 heavy (non-hydrogen) atoms. The minimum Gasteiger partial charge on any atom is -0.420 e. The maximum absolute atomic E-state index is 5.46. The van der Waals surface area contributed by atoms with Crippen LogP contribution in [0.3, 0.4) is 0 Å². The molecular weight excluding hydrogens is 180 g/mol. The lowest BCUT2D eigenvalue weighted by molar-refractivity contribution is 0.401. The predicted octanol–water partition coefficient (Wildman–Crippen LogP) is 1.04. The molecule has 0 unspecified atom stereocenters. The second-order valence-corrected chi connectivity index (χ2v) is 8.35. The molecule has 80 valence electrons. The summed E-state index contributed by atoms with van der Waals surface area (Å²) in [7, 11) is 2.51. The minimum atomic E-state index is -1.30. The van der Waals surface area contributed by atoms with Gasteiger partial charge < -0.3 is 15.1 Å². The number of likely N-dealkylation sites (N-methyl/N-ethyl adjacent to an activating group) is 1. The van der Waals surface area contributed by atoms with E-state index in [-0.39, 0.29) is 0 Å². The van der Waals surface area contributed by atoms with E-state index in [1.165, 1.54) is 12.5 Å². The summed E-state index contributed by atoms with van der Waals surface area (Å²) in [6.45, 7) is 7.75. The molecule has 0 aliphatic rings. The van der Waals surface area contributed by atoms with E-state index < -0.39 is 8.32 Å². The van der Waals surface area contributed by atoms with Crippen molar-refractivity contribution in [3.05, 3.63) is 0 Å². The second-order valence-electron chi connectivity index (χ2n) is 3.92. The van der Waals surface area contributed by atoms with E-state index in [4.69, 9.17) is 4.43 Å². The van der Waals surface area contributed by atoms with Crippen molar-refractivity contribution < 1.29 is 4.43 Å². The molecule has 0 saturated carbocycles. The third-order valence-electron chi connectivity index (χ3n) is 2.24. The maximum atomic E-state index is 5.46. The van der Waals surface area contributed by atoms with Gasteiger partial charge in [-0.15, -0.1) is 0 Å². The number of nitrogens with one attached hydrogen (secondary N) is 2. The Bertz CT molecular complexity index is 120. The van der Waals surface area contributed by atoms with Gasteiger partial charge in [0.1, 0.15) is 0 Å². The fourth-order valence-corrected chi connectivity index (χ4v) is 2.31. The van der Waals surface area contributed by atoms with Gasteiger partial charge in [0.2, 0.25) is 0 Å². The average molecular weight is 204 g/mol. The first-order valence-corrected chi connectivity index (χ1v) is 8.14. The van der Waals surface area contributed by atoms with Crippen LogP contribution in [0.25, 0.3) is 0 Å². The van der Waals surface area contributed by atoms with Crippen LogP contribution in [-0.4, -0.2) is 42.1 Å². The molecule has 0 amide bonds. The van der Waals surface area contributed by atoms with Gasteiger partial charge in [0.15, 0.2) is 8.32 Å². The monoisotopic (exact) mass is 204 g/mol. The summed E-state index contributed by atoms with van der Waals surface area (Å²) in [5, 5.41) is 6.49. The molecule has 0 aromatic rings. The Hall–Kier alpha value is 0.0969. The lowest BCUT2D eigenvalue weighted by Crippen LogP contribution is -2.31. The first-order chi connectivity index (χ1) is 6.12. The van der Waals surface area contributed by atoms with Crippen LogP contribution in [0.2, 0.25) is 19.1 Å². The van der Waals surface area contributed by atoms with Crippen LogP contribution >= 0.6 is 0 Å². The summed E-state index contributed by atoms with van der Waals surface area (Å²) >= 11 is 0. The Morgan fingerprint density at radius 2 is 1.85 bits per heavy atom. The van der Waals surface area contributed by atoms with E-state index in [1.54, 1.807) is 0 Å². The van der Waals surface area contributed by atoms with Gasteiger partial charge in [-0.05, 0) is 39.2 Å². The molecule has 0 atom stereocenters. The highest BCUT2D eigenvalue weighted by Gasteiger charge is 2.18. The molecule has 3 nitrogen and oxygen atoms in total. The van der Waals surface area contributed by atoms with E-state index in [1.807, 2.05) is 14.2 Å². The number of hydrogen-bond donors (Lipinski definition) is 2. The quantitative estimate of drug-likeness (QED) is 0.458. The molecule has 0 aliphatic carbocycles. The first-order valence-electron chi connectivity index (χ1n) is 5.03. The lowest BCUT2D eigenvalue weighted by atomic mass is 10.4. The smallest absolute Gasteiger partial charge is 0.186 e. The zero-order valence-electron chi connectivity index (χ0n) is 9.44. The Kier molecular flexibility index (Phi) is 7.55. The van der Waals surface area contributed by atoms with Crippen LogP contribution in [0, 0.1) is 0 Å². The molecule has 0 fully saturated rings. The van der Waals surface area contributed by atoms with Crippen molar-refractivity contribution >= 4 is 8.32 Å². The third kappa shape index (κ3) is 8.43. The zero-order valence-corrected chi connectivity index (χ0v) is 10.4. The highest BCUT2D eigenvalue weighted by Crippen LogP contribution is 2.11. The van der Waals surface area contributed by atoms with Crippen molar-refractivity contribution in [3.63, 3.8) is 0 Å². The SMILES string of the molecule is CNCCNCCC[Si](C)(C)OC. The van der Waals surface area contributed by atoms with Crippen LogP contribution in [0.1, 0.15) is 6.42 Å². The maximum Gasteiger partial charge on any atom is 0.186 e. The highest BCUT2D eigenvalue weighted by molar-refractivity contribution is 6.71. The Labute approximate surface area is 83.4 Å². The topological polar surface area (TPSA) is 33.3 Å². The lowest BCUT2D eigenvalue weighted by Gasteiger charge is -2.19. The summed E-state index contributed by atoms with van der Waals surface area (Å²) in [4.78, 5) is 0. The van der Waals surface area contributed by atoms with Crippen molar-refractivity contribution in [2.75, 3.05) is 33.8 Å². The zero-order chi connectivity index (χ0) is 10.2. The van der Waals surface area contributed by atoms with Gasteiger partial charge in [0, 0.05) is 20.2 Å². The normalized spacial score (nSPS) is 12.0. The van der Waals surface area contributed by atoms with E-state index in [0.29, 0.717) is 0 Å². The van der Waals surface area contributed by atoms with Crippen molar-refractivity contribution in [2.45, 2.75) is 25.6 Å². The van der Waals surface area contributed by atoms with Crippen molar-refractivity contribution in [2.24, 2.45) is 0 Å². The molecule has 2 N–H and O–H groups in total. The number of rotatable bonds is 8. The van der Waals surface area contributed by atoms with Crippen LogP contribution in [0.5, 0.6) is 0 Å². The van der Waals surface area contributed by atoms with E-state index >= 15 is 0 Å². The summed E-state index contributed by atoms with van der Waals surface area (Å²) in [6, 6.07) is 1.25. The fourth-order valence-electron chi connectivity index (χ4n) is 1.08. The van der Waals surface area contributed by atoms with Crippen molar-refractivity contribution in [1.82, 2.24) is 10.6 Å². The summed E-state index contributed by atoms with van der Waals surface area (Å²) in [5.74, 6) is 0. The van der Waals surface area contributed by atoms with Crippen LogP contribution in [-0.2, 0) is 4.43 Å². The van der Waals surface area contributed by atoms with Crippen molar-refractivity contribution in [3.8, 4) is 0 Å². The summed E-state index contributed by atoms with van der Waals surface area (Å²) in [6.07, 6.45) is 1.23. The van der Waals surface area contributed by atoms with E-state index in [9.17, 15) is 0 Å². The molecule has 0 bridgehead atoms. The second kappa shape index (κ2) is 7.50. The molecule has 0 aromatic heterocycles.